The standard InChI is InChI=1S/C24H27NO5/c1-28-19-12-18-14-24(15-20(26)22(18)21(13-19)29-2)8-10-25(11-9-24)23(27)30-16-17-6-4-3-5-7-17/h3-7,12-13H,8-11,14-16H2,1-2H3. The Morgan fingerprint density at radius 1 is 1.03 bits per heavy atom. The van der Waals surface area contributed by atoms with Crippen LogP contribution >= 0.6 is 0 Å². The summed E-state index contributed by atoms with van der Waals surface area (Å²) in [5.41, 5.74) is 2.49. The summed E-state index contributed by atoms with van der Waals surface area (Å²) < 4.78 is 16.3. The van der Waals surface area contributed by atoms with Gasteiger partial charge in [-0.05, 0) is 41.9 Å². The third-order valence-electron chi connectivity index (χ3n) is 6.28. The molecule has 2 aliphatic rings. The van der Waals surface area contributed by atoms with Crippen molar-refractivity contribution in [1.29, 1.82) is 0 Å². The van der Waals surface area contributed by atoms with E-state index < -0.39 is 0 Å². The topological polar surface area (TPSA) is 65.1 Å². The van der Waals surface area contributed by atoms with Crippen molar-refractivity contribution < 1.29 is 23.8 Å². The van der Waals surface area contributed by atoms with Gasteiger partial charge in [0.2, 0.25) is 0 Å². The molecular formula is C24H27NO5. The molecule has 1 amide bonds. The van der Waals surface area contributed by atoms with Gasteiger partial charge < -0.3 is 19.1 Å². The Balaban J connectivity index is 1.42. The van der Waals surface area contributed by atoms with Crippen LogP contribution in [0.25, 0.3) is 0 Å². The molecule has 0 saturated carbocycles. The van der Waals surface area contributed by atoms with E-state index in [4.69, 9.17) is 14.2 Å². The van der Waals surface area contributed by atoms with Crippen LogP contribution in [0.2, 0.25) is 0 Å². The molecule has 0 N–H and O–H groups in total. The number of hydrogen-bond acceptors (Lipinski definition) is 5. The number of fused-ring (bicyclic) bond motifs is 1. The van der Waals surface area contributed by atoms with Crippen LogP contribution in [-0.4, -0.2) is 44.1 Å². The van der Waals surface area contributed by atoms with Gasteiger partial charge >= 0.3 is 6.09 Å². The second-order valence-corrected chi connectivity index (χ2v) is 8.17. The number of methoxy groups -OCH3 is 2. The van der Waals surface area contributed by atoms with Gasteiger partial charge in [0.25, 0.3) is 0 Å². The zero-order chi connectivity index (χ0) is 21.1. The number of amides is 1. The summed E-state index contributed by atoms with van der Waals surface area (Å²) in [6.45, 7) is 1.46. The number of piperidine rings is 1. The van der Waals surface area contributed by atoms with E-state index in [1.807, 2.05) is 36.4 Å². The molecule has 2 aromatic carbocycles. The molecule has 1 aliphatic carbocycles. The summed E-state index contributed by atoms with van der Waals surface area (Å²) in [7, 11) is 3.19. The van der Waals surface area contributed by atoms with Crippen molar-refractivity contribution in [2.24, 2.45) is 5.41 Å². The van der Waals surface area contributed by atoms with Crippen LogP contribution in [0.1, 0.15) is 40.7 Å². The lowest BCUT2D eigenvalue weighted by molar-refractivity contribution is 0.0520. The molecule has 0 radical (unpaired) electrons. The van der Waals surface area contributed by atoms with Gasteiger partial charge in [0.05, 0.1) is 19.8 Å². The highest BCUT2D eigenvalue weighted by atomic mass is 16.6. The molecular weight excluding hydrogens is 382 g/mol. The van der Waals surface area contributed by atoms with E-state index in [9.17, 15) is 9.59 Å². The maximum absolute atomic E-state index is 13.0. The largest absolute Gasteiger partial charge is 0.497 e. The molecule has 1 fully saturated rings. The number of carbonyl (C=O) groups excluding carboxylic acids is 2. The van der Waals surface area contributed by atoms with E-state index in [2.05, 4.69) is 0 Å². The van der Waals surface area contributed by atoms with Gasteiger partial charge in [0, 0.05) is 25.6 Å². The highest BCUT2D eigenvalue weighted by molar-refractivity contribution is 6.02. The van der Waals surface area contributed by atoms with Crippen LogP contribution in [0.5, 0.6) is 11.5 Å². The van der Waals surface area contributed by atoms with E-state index in [0.29, 0.717) is 36.6 Å². The average molecular weight is 409 g/mol. The number of benzene rings is 2. The highest BCUT2D eigenvalue weighted by Crippen LogP contribution is 2.46. The van der Waals surface area contributed by atoms with E-state index in [1.54, 1.807) is 25.2 Å². The fourth-order valence-corrected chi connectivity index (χ4v) is 4.60. The van der Waals surface area contributed by atoms with Crippen LogP contribution < -0.4 is 9.47 Å². The molecule has 1 spiro atoms. The molecule has 30 heavy (non-hydrogen) atoms. The first-order valence-electron chi connectivity index (χ1n) is 10.3. The predicted molar refractivity (Wildman–Crippen MR) is 112 cm³/mol. The van der Waals surface area contributed by atoms with Gasteiger partial charge in [-0.3, -0.25) is 4.79 Å². The molecule has 4 rings (SSSR count). The van der Waals surface area contributed by atoms with Crippen molar-refractivity contribution in [3.63, 3.8) is 0 Å². The Bertz CT molecular complexity index is 932. The summed E-state index contributed by atoms with van der Waals surface area (Å²) in [6.07, 6.45) is 2.53. The Labute approximate surface area is 176 Å². The Kier molecular flexibility index (Phi) is 5.66. The van der Waals surface area contributed by atoms with Gasteiger partial charge in [-0.1, -0.05) is 30.3 Å². The molecule has 6 heteroatoms. The lowest BCUT2D eigenvalue weighted by atomic mass is 9.65. The number of carbonyl (C=O) groups is 2. The van der Waals surface area contributed by atoms with E-state index in [0.717, 1.165) is 30.4 Å². The van der Waals surface area contributed by atoms with Gasteiger partial charge in [-0.25, -0.2) is 4.79 Å². The number of hydrogen-bond donors (Lipinski definition) is 0. The molecule has 1 heterocycles. The molecule has 0 atom stereocenters. The van der Waals surface area contributed by atoms with Crippen LogP contribution in [0.3, 0.4) is 0 Å². The maximum Gasteiger partial charge on any atom is 0.410 e. The molecule has 0 aromatic heterocycles. The first kappa shape index (κ1) is 20.3. The summed E-state index contributed by atoms with van der Waals surface area (Å²) in [5.74, 6) is 1.37. The van der Waals surface area contributed by atoms with E-state index in [-0.39, 0.29) is 23.9 Å². The first-order chi connectivity index (χ1) is 14.5. The zero-order valence-electron chi connectivity index (χ0n) is 17.5. The van der Waals surface area contributed by atoms with Crippen molar-refractivity contribution in [2.45, 2.75) is 32.3 Å². The molecule has 2 aromatic rings. The van der Waals surface area contributed by atoms with E-state index >= 15 is 0 Å². The number of likely N-dealkylation sites (tertiary alicyclic amines) is 1. The molecule has 0 unspecified atom stereocenters. The van der Waals surface area contributed by atoms with Crippen LogP contribution in [0, 0.1) is 5.41 Å². The lowest BCUT2D eigenvalue weighted by Gasteiger charge is -2.43. The second-order valence-electron chi connectivity index (χ2n) is 8.17. The fraction of sp³-hybridized carbons (Fsp3) is 0.417. The zero-order valence-corrected chi connectivity index (χ0v) is 17.5. The third kappa shape index (κ3) is 3.99. The number of ether oxygens (including phenoxy) is 3. The SMILES string of the molecule is COc1cc2c(c(OC)c1)C(=O)CC1(CCN(C(=O)OCc3ccccc3)CC1)C2. The summed E-state index contributed by atoms with van der Waals surface area (Å²) in [4.78, 5) is 27.2. The van der Waals surface area contributed by atoms with Gasteiger partial charge in [0.1, 0.15) is 18.1 Å². The van der Waals surface area contributed by atoms with E-state index in [1.165, 1.54) is 0 Å². The first-order valence-corrected chi connectivity index (χ1v) is 10.3. The summed E-state index contributed by atoms with van der Waals surface area (Å²) in [6, 6.07) is 13.4. The number of rotatable bonds is 4. The van der Waals surface area contributed by atoms with Gasteiger partial charge in [-0.15, -0.1) is 0 Å². The molecule has 0 bridgehead atoms. The summed E-state index contributed by atoms with van der Waals surface area (Å²) >= 11 is 0. The van der Waals surface area contributed by atoms with Gasteiger partial charge in [-0.2, -0.15) is 0 Å². The van der Waals surface area contributed by atoms with Crippen molar-refractivity contribution in [3.8, 4) is 11.5 Å². The van der Waals surface area contributed by atoms with Crippen molar-refractivity contribution >= 4 is 11.9 Å². The summed E-state index contributed by atoms with van der Waals surface area (Å²) in [5, 5.41) is 0. The Morgan fingerprint density at radius 2 is 1.77 bits per heavy atom. The molecule has 1 saturated heterocycles. The third-order valence-corrected chi connectivity index (χ3v) is 6.28. The van der Waals surface area contributed by atoms with Crippen molar-refractivity contribution in [1.82, 2.24) is 4.90 Å². The van der Waals surface area contributed by atoms with Crippen molar-refractivity contribution in [3.05, 3.63) is 59.2 Å². The number of Topliss-reactive ketones (excluding diaryl/α,β-unsaturated/α-hetero) is 1. The highest BCUT2D eigenvalue weighted by Gasteiger charge is 2.43. The minimum Gasteiger partial charge on any atom is -0.497 e. The Hall–Kier alpha value is -3.02. The number of nitrogens with zero attached hydrogens (tertiary/aromatic N) is 1. The molecule has 1 aliphatic heterocycles. The van der Waals surface area contributed by atoms with Crippen LogP contribution in [0.4, 0.5) is 4.79 Å². The van der Waals surface area contributed by atoms with Crippen molar-refractivity contribution in [2.75, 3.05) is 27.3 Å². The quantitative estimate of drug-likeness (QED) is 0.755. The van der Waals surface area contributed by atoms with Crippen LogP contribution in [0.15, 0.2) is 42.5 Å². The minimum absolute atomic E-state index is 0.107. The maximum atomic E-state index is 13.0. The van der Waals surface area contributed by atoms with Gasteiger partial charge in [0.15, 0.2) is 5.78 Å². The molecule has 6 nitrogen and oxygen atoms in total. The fourth-order valence-electron chi connectivity index (χ4n) is 4.60. The normalized spacial score (nSPS) is 17.4. The van der Waals surface area contributed by atoms with Crippen LogP contribution in [-0.2, 0) is 17.8 Å². The monoisotopic (exact) mass is 409 g/mol. The lowest BCUT2D eigenvalue weighted by Crippen LogP contribution is -2.46. The number of ketones is 1. The second kappa shape index (κ2) is 8.38. The smallest absolute Gasteiger partial charge is 0.410 e. The molecule has 158 valence electrons. The minimum atomic E-state index is -0.292. The average Bonchev–Trinajstić information content (AvgIpc) is 2.77. The Morgan fingerprint density at radius 3 is 2.43 bits per heavy atom. The predicted octanol–water partition coefficient (Wildman–Crippen LogP) is 4.25.